The fourth-order valence-corrected chi connectivity index (χ4v) is 4.37. The van der Waals surface area contributed by atoms with Gasteiger partial charge in [-0.05, 0) is 69.9 Å². The number of nitriles is 1. The van der Waals surface area contributed by atoms with Crippen molar-refractivity contribution in [1.82, 2.24) is 0 Å². The molecule has 0 amide bonds. The zero-order chi connectivity index (χ0) is 21.7. The predicted molar refractivity (Wildman–Crippen MR) is 127 cm³/mol. The molecule has 30 heavy (non-hydrogen) atoms. The highest BCUT2D eigenvalue weighted by Crippen LogP contribution is 2.43. The van der Waals surface area contributed by atoms with E-state index in [0.29, 0.717) is 0 Å². The van der Waals surface area contributed by atoms with Crippen LogP contribution < -0.4 is 4.90 Å². The smallest absolute Gasteiger partial charge is 0.0851 e. The van der Waals surface area contributed by atoms with Crippen LogP contribution in [0.25, 0.3) is 0 Å². The Balaban J connectivity index is 1.97. The van der Waals surface area contributed by atoms with Gasteiger partial charge in [-0.25, -0.2) is 0 Å². The van der Waals surface area contributed by atoms with Crippen molar-refractivity contribution in [1.29, 1.82) is 5.26 Å². The first-order valence-electron chi connectivity index (χ1n) is 10.9. The van der Waals surface area contributed by atoms with Gasteiger partial charge < -0.3 is 4.90 Å². The molecule has 2 nitrogen and oxygen atoms in total. The zero-order valence-electron chi connectivity index (χ0n) is 18.7. The average Bonchev–Trinajstić information content (AvgIpc) is 2.75. The minimum Gasteiger partial charge on any atom is -0.311 e. The SMILES string of the molecule is [CH2+]CCCC(C)(C#N)C1C=CC(N(c2ccc(C)cc2)c2ccc(C)cc2)=CC1C. The lowest BCUT2D eigenvalue weighted by atomic mass is 9.67. The van der Waals surface area contributed by atoms with Crippen molar-refractivity contribution in [3.63, 3.8) is 0 Å². The first kappa shape index (κ1) is 21.8. The monoisotopic (exact) mass is 397 g/mol. The number of rotatable bonds is 7. The number of hydrogen-bond acceptors (Lipinski definition) is 2. The van der Waals surface area contributed by atoms with Crippen LogP contribution in [-0.2, 0) is 0 Å². The molecule has 2 aromatic carbocycles. The molecule has 0 aliphatic heterocycles. The van der Waals surface area contributed by atoms with Crippen molar-refractivity contribution in [2.24, 2.45) is 17.3 Å². The second-order valence-corrected chi connectivity index (χ2v) is 8.83. The molecule has 3 rings (SSSR count). The Bertz CT molecular complexity index is 898. The van der Waals surface area contributed by atoms with E-state index in [0.717, 1.165) is 36.3 Å². The fraction of sp³-hybridized carbons (Fsp3) is 0.357. The third-order valence-corrected chi connectivity index (χ3v) is 6.25. The maximum atomic E-state index is 9.93. The molecule has 0 bridgehead atoms. The van der Waals surface area contributed by atoms with E-state index in [1.165, 1.54) is 11.1 Å². The van der Waals surface area contributed by atoms with E-state index in [-0.39, 0.29) is 17.3 Å². The first-order chi connectivity index (χ1) is 14.4. The summed E-state index contributed by atoms with van der Waals surface area (Å²) in [6.07, 6.45) is 9.51. The highest BCUT2D eigenvalue weighted by molar-refractivity contribution is 5.70. The molecule has 154 valence electrons. The van der Waals surface area contributed by atoms with E-state index in [4.69, 9.17) is 0 Å². The van der Waals surface area contributed by atoms with E-state index >= 15 is 0 Å². The Morgan fingerprint density at radius 1 is 1.00 bits per heavy atom. The van der Waals surface area contributed by atoms with Crippen molar-refractivity contribution >= 4 is 11.4 Å². The molecule has 3 atom stereocenters. The van der Waals surface area contributed by atoms with Gasteiger partial charge in [0.2, 0.25) is 0 Å². The molecule has 0 radical (unpaired) electrons. The van der Waals surface area contributed by atoms with Gasteiger partial charge in [0.1, 0.15) is 0 Å². The minimum atomic E-state index is -0.367. The first-order valence-corrected chi connectivity index (χ1v) is 10.9. The van der Waals surface area contributed by atoms with Gasteiger partial charge in [-0.3, -0.25) is 0 Å². The number of nitrogens with zero attached hydrogens (tertiary/aromatic N) is 2. The molecule has 3 unspecified atom stereocenters. The van der Waals surface area contributed by atoms with Gasteiger partial charge in [0, 0.05) is 23.0 Å². The molecule has 0 N–H and O–H groups in total. The number of unbranched alkanes of at least 4 members (excludes halogenated alkanes) is 1. The number of benzene rings is 2. The van der Waals surface area contributed by atoms with Gasteiger partial charge in [0.25, 0.3) is 0 Å². The van der Waals surface area contributed by atoms with Crippen molar-refractivity contribution < 1.29 is 0 Å². The van der Waals surface area contributed by atoms with E-state index in [1.807, 2.05) is 0 Å². The van der Waals surface area contributed by atoms with Gasteiger partial charge in [-0.2, -0.15) is 5.26 Å². The molecular weight excluding hydrogens is 364 g/mol. The lowest BCUT2D eigenvalue weighted by Gasteiger charge is -2.37. The van der Waals surface area contributed by atoms with Crippen molar-refractivity contribution in [2.45, 2.75) is 47.0 Å². The number of hydrogen-bond donors (Lipinski definition) is 0. The Morgan fingerprint density at radius 3 is 1.97 bits per heavy atom. The lowest BCUT2D eigenvalue weighted by Crippen LogP contribution is -2.31. The standard InChI is InChI=1S/C28H33N2/c1-6-7-18-28(5,20-29)27-17-16-26(19-23(27)4)30(24-12-8-21(2)9-13-24)25-14-10-22(3)11-15-25/h8-17,19,23,27H,1,6-7,18H2,2-5H3/q+1. The van der Waals surface area contributed by atoms with Crippen LogP contribution in [0, 0.1) is 49.4 Å². The van der Waals surface area contributed by atoms with E-state index in [1.54, 1.807) is 0 Å². The van der Waals surface area contributed by atoms with Crippen LogP contribution in [0.5, 0.6) is 0 Å². The quantitative estimate of drug-likeness (QED) is 0.448. The van der Waals surface area contributed by atoms with Crippen LogP contribution in [0.1, 0.15) is 44.2 Å². The summed E-state index contributed by atoms with van der Waals surface area (Å²) < 4.78 is 0. The third kappa shape index (κ3) is 4.62. The van der Waals surface area contributed by atoms with Gasteiger partial charge in [-0.1, -0.05) is 54.5 Å². The van der Waals surface area contributed by atoms with Gasteiger partial charge in [-0.15, -0.1) is 0 Å². The Labute approximate surface area is 182 Å². The molecule has 2 aromatic rings. The topological polar surface area (TPSA) is 27.0 Å². The molecule has 0 spiro atoms. The fourth-order valence-electron chi connectivity index (χ4n) is 4.37. The molecule has 1 aliphatic carbocycles. The minimum absolute atomic E-state index is 0.204. The molecule has 0 aromatic heterocycles. The molecule has 0 fully saturated rings. The molecular formula is C28H33N2+. The van der Waals surface area contributed by atoms with Gasteiger partial charge >= 0.3 is 0 Å². The maximum Gasteiger partial charge on any atom is 0.0851 e. The summed E-state index contributed by atoms with van der Waals surface area (Å²) >= 11 is 0. The molecule has 2 heteroatoms. The number of aryl methyl sites for hydroxylation is 2. The maximum absolute atomic E-state index is 9.93. The van der Waals surface area contributed by atoms with E-state index in [9.17, 15) is 5.26 Å². The highest BCUT2D eigenvalue weighted by atomic mass is 15.1. The largest absolute Gasteiger partial charge is 0.311 e. The van der Waals surface area contributed by atoms with Gasteiger partial charge in [0.05, 0.1) is 24.8 Å². The molecule has 0 saturated heterocycles. The second kappa shape index (κ2) is 9.26. The number of allylic oxidation sites excluding steroid dienone is 3. The normalized spacial score (nSPS) is 20.2. The number of anilines is 2. The molecule has 0 saturated carbocycles. The molecule has 0 heterocycles. The predicted octanol–water partition coefficient (Wildman–Crippen LogP) is 7.68. The van der Waals surface area contributed by atoms with Crippen LogP contribution in [0.2, 0.25) is 0 Å². The lowest BCUT2D eigenvalue weighted by molar-refractivity contribution is 0.243. The van der Waals surface area contributed by atoms with Crippen molar-refractivity contribution in [2.75, 3.05) is 4.90 Å². The summed E-state index contributed by atoms with van der Waals surface area (Å²) in [4.78, 5) is 2.31. The summed E-state index contributed by atoms with van der Waals surface area (Å²) in [6.45, 7) is 12.5. The summed E-state index contributed by atoms with van der Waals surface area (Å²) in [5.74, 6) is 0.480. The Morgan fingerprint density at radius 2 is 1.53 bits per heavy atom. The Hall–Kier alpha value is -2.92. The van der Waals surface area contributed by atoms with E-state index < -0.39 is 0 Å². The summed E-state index contributed by atoms with van der Waals surface area (Å²) in [7, 11) is 0. The van der Waals surface area contributed by atoms with Crippen LogP contribution in [0.4, 0.5) is 11.4 Å². The van der Waals surface area contributed by atoms with Crippen LogP contribution in [-0.4, -0.2) is 0 Å². The highest BCUT2D eigenvalue weighted by Gasteiger charge is 2.37. The second-order valence-electron chi connectivity index (χ2n) is 8.83. The van der Waals surface area contributed by atoms with Crippen molar-refractivity contribution in [3.8, 4) is 6.07 Å². The zero-order valence-corrected chi connectivity index (χ0v) is 18.7. The Kier molecular flexibility index (Phi) is 6.73. The van der Waals surface area contributed by atoms with Gasteiger partial charge in [0.15, 0.2) is 0 Å². The van der Waals surface area contributed by atoms with Crippen LogP contribution >= 0.6 is 0 Å². The van der Waals surface area contributed by atoms with E-state index in [2.05, 4.69) is 112 Å². The van der Waals surface area contributed by atoms with Crippen molar-refractivity contribution in [3.05, 3.63) is 90.5 Å². The van der Waals surface area contributed by atoms with Crippen LogP contribution in [0.3, 0.4) is 0 Å². The van der Waals surface area contributed by atoms with Crippen LogP contribution in [0.15, 0.2) is 72.5 Å². The summed E-state index contributed by atoms with van der Waals surface area (Å²) in [6, 6.07) is 19.9. The third-order valence-electron chi connectivity index (χ3n) is 6.25. The summed E-state index contributed by atoms with van der Waals surface area (Å²) in [5.41, 5.74) is 5.58. The average molecular weight is 398 g/mol. The molecule has 1 aliphatic rings. The summed E-state index contributed by atoms with van der Waals surface area (Å²) in [5, 5.41) is 9.93.